The number of benzene rings is 1. The molecule has 1 saturated heterocycles. The van der Waals surface area contributed by atoms with E-state index in [1.807, 2.05) is 5.38 Å². The zero-order valence-corrected chi connectivity index (χ0v) is 20.1. The molecule has 0 bridgehead atoms. The second-order valence-corrected chi connectivity index (χ2v) is 9.94. The van der Waals surface area contributed by atoms with E-state index in [1.165, 1.54) is 34.5 Å². The fourth-order valence-electron chi connectivity index (χ4n) is 4.96. The van der Waals surface area contributed by atoms with E-state index in [2.05, 4.69) is 25.5 Å². The first-order valence-corrected chi connectivity index (χ1v) is 12.3. The van der Waals surface area contributed by atoms with Gasteiger partial charge in [0.05, 0.1) is 33.5 Å². The fraction of sp³-hybridized carbons (Fsp3) is 0.217. The molecule has 182 valence electrons. The van der Waals surface area contributed by atoms with Crippen LogP contribution in [0.4, 0.5) is 4.39 Å². The minimum atomic E-state index is -0.617. The van der Waals surface area contributed by atoms with Crippen LogP contribution in [0.5, 0.6) is 0 Å². The van der Waals surface area contributed by atoms with Gasteiger partial charge in [0, 0.05) is 28.6 Å². The summed E-state index contributed by atoms with van der Waals surface area (Å²) in [5.41, 5.74) is 8.08. The molecule has 10 nitrogen and oxygen atoms in total. The lowest BCUT2D eigenvalue weighted by Gasteiger charge is -2.33. The highest BCUT2D eigenvalue weighted by atomic mass is 35.5. The average Bonchev–Trinajstić information content (AvgIpc) is 3.66. The zero-order chi connectivity index (χ0) is 25.0. The summed E-state index contributed by atoms with van der Waals surface area (Å²) in [5.74, 6) is -0.665. The van der Waals surface area contributed by atoms with Crippen LogP contribution in [-0.4, -0.2) is 52.9 Å². The zero-order valence-electron chi connectivity index (χ0n) is 18.6. The predicted molar refractivity (Wildman–Crippen MR) is 130 cm³/mol. The lowest BCUT2D eigenvalue weighted by atomic mass is 9.92. The largest absolute Gasteiger partial charge is 0.365 e. The summed E-state index contributed by atoms with van der Waals surface area (Å²) in [6.07, 6.45) is 6.40. The summed E-state index contributed by atoms with van der Waals surface area (Å²) in [4.78, 5) is 34.8. The number of carbonyl (C=O) groups is 2. The molecule has 3 aromatic heterocycles. The lowest BCUT2D eigenvalue weighted by molar-refractivity contribution is -0.129. The number of nitrogens with zero attached hydrogens (tertiary/aromatic N) is 6. The number of hydrogen-bond donors (Lipinski definition) is 2. The number of rotatable bonds is 5. The minimum absolute atomic E-state index is 0.0436. The molecule has 0 radical (unpaired) electrons. The molecule has 1 aromatic carbocycles. The molecule has 2 amide bonds. The Bertz CT molecular complexity index is 1530. The van der Waals surface area contributed by atoms with Crippen LogP contribution in [0.15, 0.2) is 42.2 Å². The quantitative estimate of drug-likeness (QED) is 0.410. The molecule has 2 atom stereocenters. The Labute approximate surface area is 212 Å². The van der Waals surface area contributed by atoms with E-state index >= 15 is 4.39 Å². The third kappa shape index (κ3) is 3.69. The molecule has 0 aliphatic carbocycles. The van der Waals surface area contributed by atoms with Crippen LogP contribution in [0.25, 0.3) is 22.5 Å². The van der Waals surface area contributed by atoms with Crippen molar-refractivity contribution >= 4 is 40.3 Å². The van der Waals surface area contributed by atoms with Gasteiger partial charge in [-0.25, -0.2) is 9.37 Å². The smallest absolute Gasteiger partial charge is 0.258 e. The van der Waals surface area contributed by atoms with Crippen molar-refractivity contribution in [3.63, 3.8) is 0 Å². The molecule has 13 heteroatoms. The Morgan fingerprint density at radius 2 is 2.17 bits per heavy atom. The molecule has 5 heterocycles. The number of primary amides is 1. The first-order chi connectivity index (χ1) is 17.4. The second kappa shape index (κ2) is 8.64. The average molecular weight is 525 g/mol. The molecular weight excluding hydrogens is 507 g/mol. The van der Waals surface area contributed by atoms with Gasteiger partial charge in [0.1, 0.15) is 12.2 Å². The number of nitrogens with one attached hydrogen (secondary N) is 1. The number of carbonyl (C=O) groups excluding carboxylic acids is 2. The number of H-pyrrole nitrogens is 1. The Kier molecular flexibility index (Phi) is 5.41. The molecule has 1 fully saturated rings. The normalized spacial score (nSPS) is 19.4. The number of aromatic amines is 1. The molecule has 4 aromatic rings. The van der Waals surface area contributed by atoms with Crippen molar-refractivity contribution in [2.45, 2.75) is 31.3 Å². The van der Waals surface area contributed by atoms with Gasteiger partial charge in [-0.15, -0.1) is 16.4 Å². The van der Waals surface area contributed by atoms with Gasteiger partial charge in [-0.3, -0.25) is 9.59 Å². The summed E-state index contributed by atoms with van der Waals surface area (Å²) >= 11 is 7.36. The number of thiophene rings is 1. The molecule has 3 N–H and O–H groups in total. The number of tetrazole rings is 1. The molecule has 0 saturated carbocycles. The van der Waals surface area contributed by atoms with Gasteiger partial charge in [0.2, 0.25) is 5.91 Å². The molecular formula is C23H18ClFN8O2S. The first-order valence-electron chi connectivity index (χ1n) is 11.1. The third-order valence-electron chi connectivity index (χ3n) is 6.56. The van der Waals surface area contributed by atoms with Gasteiger partial charge in [-0.2, -0.15) is 4.68 Å². The highest BCUT2D eigenvalue weighted by Crippen LogP contribution is 2.44. The Morgan fingerprint density at radius 1 is 1.31 bits per heavy atom. The van der Waals surface area contributed by atoms with Gasteiger partial charge in [0.25, 0.3) is 5.91 Å². The highest BCUT2D eigenvalue weighted by molar-refractivity contribution is 7.12. The summed E-state index contributed by atoms with van der Waals surface area (Å²) in [6, 6.07) is 4.41. The maximum Gasteiger partial charge on any atom is 0.258 e. The van der Waals surface area contributed by atoms with Crippen molar-refractivity contribution in [3.05, 3.63) is 69.3 Å². The highest BCUT2D eigenvalue weighted by Gasteiger charge is 2.42. The Morgan fingerprint density at radius 3 is 2.92 bits per heavy atom. The fourth-order valence-corrected chi connectivity index (χ4v) is 5.88. The molecule has 1 unspecified atom stereocenters. The summed E-state index contributed by atoms with van der Waals surface area (Å²) < 4.78 is 16.6. The van der Waals surface area contributed by atoms with Crippen LogP contribution in [0, 0.1) is 5.82 Å². The van der Waals surface area contributed by atoms with Gasteiger partial charge < -0.3 is 15.6 Å². The van der Waals surface area contributed by atoms with Crippen molar-refractivity contribution in [3.8, 4) is 16.9 Å². The van der Waals surface area contributed by atoms with Gasteiger partial charge in [-0.1, -0.05) is 11.6 Å². The maximum absolute atomic E-state index is 15.2. The van der Waals surface area contributed by atoms with E-state index in [9.17, 15) is 9.59 Å². The van der Waals surface area contributed by atoms with Crippen molar-refractivity contribution < 1.29 is 14.0 Å². The van der Waals surface area contributed by atoms with Crippen LogP contribution in [-0.2, 0) is 4.79 Å². The van der Waals surface area contributed by atoms with Gasteiger partial charge >= 0.3 is 0 Å². The van der Waals surface area contributed by atoms with Crippen LogP contribution < -0.4 is 5.73 Å². The summed E-state index contributed by atoms with van der Waals surface area (Å²) in [6.45, 7) is 0. The number of nitrogens with two attached hydrogens (primary N) is 1. The van der Waals surface area contributed by atoms with Crippen LogP contribution in [0.3, 0.4) is 0 Å². The Hall–Kier alpha value is -3.90. The van der Waals surface area contributed by atoms with Crippen LogP contribution >= 0.6 is 22.9 Å². The van der Waals surface area contributed by atoms with E-state index in [0.29, 0.717) is 34.8 Å². The molecule has 36 heavy (non-hydrogen) atoms. The Balaban J connectivity index is 1.31. The molecule has 0 spiro atoms. The van der Waals surface area contributed by atoms with E-state index in [-0.39, 0.29) is 28.6 Å². The summed E-state index contributed by atoms with van der Waals surface area (Å²) in [7, 11) is 0. The van der Waals surface area contributed by atoms with Crippen LogP contribution in [0.2, 0.25) is 5.02 Å². The van der Waals surface area contributed by atoms with E-state index < -0.39 is 11.7 Å². The third-order valence-corrected chi connectivity index (χ3v) is 7.80. The minimum Gasteiger partial charge on any atom is -0.365 e. The van der Waals surface area contributed by atoms with Crippen LogP contribution in [0.1, 0.15) is 46.4 Å². The number of aromatic nitrogens is 6. The van der Waals surface area contributed by atoms with Crippen molar-refractivity contribution in [2.75, 3.05) is 0 Å². The number of amides is 2. The molecule has 2 aliphatic rings. The monoisotopic (exact) mass is 524 g/mol. The topological polar surface area (TPSA) is 136 Å². The number of hydrogen-bond acceptors (Lipinski definition) is 7. The molecule has 6 rings (SSSR count). The van der Waals surface area contributed by atoms with Gasteiger partial charge in [-0.05, 0) is 53.5 Å². The standard InChI is InChI=1S/C23H18ClFN8O2S/c24-14-2-4-16(32-10-28-30-31-32)20(21(14)25)11-5-13-1-3-17(33(13)19(34)7-11)23-27-8-15(29-23)12-6-18(22(26)35)36-9-12/h2,4,6-10,13,17H,1,3,5H2,(H2,26,35)(H,27,29)/t13?,17-/m0/s1. The maximum atomic E-state index is 15.2. The molecule has 2 aliphatic heterocycles. The van der Waals surface area contributed by atoms with E-state index in [4.69, 9.17) is 17.3 Å². The van der Waals surface area contributed by atoms with Crippen molar-refractivity contribution in [1.29, 1.82) is 0 Å². The SMILES string of the molecule is NC(=O)c1cc(-c2cnc([C@@H]3CCC4CC(c5c(-n6cnnn6)ccc(Cl)c5F)=CC(=O)N43)[nH]2)cs1. The van der Waals surface area contributed by atoms with Gasteiger partial charge in [0.15, 0.2) is 5.82 Å². The number of halogens is 2. The van der Waals surface area contributed by atoms with Crippen molar-refractivity contribution in [1.82, 2.24) is 35.1 Å². The van der Waals surface area contributed by atoms with E-state index in [0.717, 1.165) is 17.7 Å². The van der Waals surface area contributed by atoms with E-state index in [1.54, 1.807) is 23.2 Å². The number of fused-ring (bicyclic) bond motifs is 1. The second-order valence-electron chi connectivity index (χ2n) is 8.62. The van der Waals surface area contributed by atoms with Crippen molar-refractivity contribution in [2.24, 2.45) is 5.73 Å². The predicted octanol–water partition coefficient (Wildman–Crippen LogP) is 3.52. The lowest BCUT2D eigenvalue weighted by Crippen LogP contribution is -2.39. The summed E-state index contributed by atoms with van der Waals surface area (Å²) in [5, 5.41) is 12.9. The number of imidazole rings is 1. The first kappa shape index (κ1) is 22.6.